The fraction of sp³-hybridized carbons (Fsp3) is 0.850. The van der Waals surface area contributed by atoms with Crippen molar-refractivity contribution in [2.45, 2.75) is 289 Å². The van der Waals surface area contributed by atoms with Gasteiger partial charge in [-0.2, -0.15) is 0 Å². The van der Waals surface area contributed by atoms with Crippen LogP contribution in [0.4, 0.5) is 0 Å². The van der Waals surface area contributed by atoms with Crippen LogP contribution in [0.25, 0.3) is 0 Å². The zero-order valence-electron chi connectivity index (χ0n) is 46.3. The molecule has 0 radical (unpaired) electrons. The maximum absolute atomic E-state index is 13.0. The van der Waals surface area contributed by atoms with Crippen molar-refractivity contribution in [3.05, 3.63) is 48.6 Å². The first-order valence-electron chi connectivity index (χ1n) is 29.5. The summed E-state index contributed by atoms with van der Waals surface area (Å²) in [5.41, 5.74) is 0. The zero-order chi connectivity index (χ0) is 50.6. The lowest BCUT2D eigenvalue weighted by atomic mass is 10.0. The van der Waals surface area contributed by atoms with Crippen LogP contribution in [-0.4, -0.2) is 73.4 Å². The Kier molecular flexibility index (Phi) is 50.2. The second-order valence-corrected chi connectivity index (χ2v) is 22.8. The van der Waals surface area contributed by atoms with Crippen LogP contribution in [0.2, 0.25) is 0 Å². The number of carbonyl (C=O) groups excluding carboxylic acids is 1. The first-order valence-corrected chi connectivity index (χ1v) is 31.0. The fourth-order valence-electron chi connectivity index (χ4n) is 8.60. The van der Waals surface area contributed by atoms with Gasteiger partial charge in [-0.1, -0.05) is 249 Å². The number of carbonyl (C=O) groups is 1. The molecule has 1 amide bonds. The Bertz CT molecular complexity index is 1260. The molecule has 3 atom stereocenters. The molecular formula is C60H116N2O6P+. The number of quaternary nitrogens is 1. The van der Waals surface area contributed by atoms with Gasteiger partial charge in [-0.25, -0.2) is 4.57 Å². The number of unbranched alkanes of at least 4 members (excludes halogenated alkanes) is 35. The van der Waals surface area contributed by atoms with Crippen LogP contribution in [0.15, 0.2) is 48.6 Å². The minimum absolute atomic E-state index is 0.0528. The number of hydrogen-bond acceptors (Lipinski definition) is 5. The monoisotopic (exact) mass is 992 g/mol. The van der Waals surface area contributed by atoms with Crippen molar-refractivity contribution in [1.82, 2.24) is 5.32 Å². The number of aliphatic hydroxyl groups excluding tert-OH is 1. The van der Waals surface area contributed by atoms with Crippen molar-refractivity contribution in [2.24, 2.45) is 0 Å². The average Bonchev–Trinajstić information content (AvgIpc) is 3.31. The van der Waals surface area contributed by atoms with Gasteiger partial charge in [0.15, 0.2) is 0 Å². The maximum Gasteiger partial charge on any atom is 0.472 e. The summed E-state index contributed by atoms with van der Waals surface area (Å²) in [7, 11) is 1.55. The van der Waals surface area contributed by atoms with Gasteiger partial charge in [-0.15, -0.1) is 0 Å². The molecule has 0 saturated heterocycles. The number of allylic oxidation sites excluding steroid dienone is 7. The van der Waals surface area contributed by atoms with E-state index in [4.69, 9.17) is 9.05 Å². The number of phosphoric ester groups is 1. The number of rotatable bonds is 54. The highest BCUT2D eigenvalue weighted by molar-refractivity contribution is 7.47. The smallest absolute Gasteiger partial charge is 0.387 e. The largest absolute Gasteiger partial charge is 0.472 e. The molecule has 3 unspecified atom stereocenters. The number of amides is 1. The van der Waals surface area contributed by atoms with E-state index in [0.717, 1.165) is 44.9 Å². The molecule has 0 aliphatic rings. The Hall–Kier alpha value is -1.54. The first-order chi connectivity index (χ1) is 33.5. The average molecular weight is 993 g/mol. The molecule has 0 spiro atoms. The fourth-order valence-corrected chi connectivity index (χ4v) is 9.34. The molecule has 0 saturated carbocycles. The van der Waals surface area contributed by atoms with Gasteiger partial charge in [0, 0.05) is 6.42 Å². The normalized spacial score (nSPS) is 14.2. The third-order valence-electron chi connectivity index (χ3n) is 13.2. The molecule has 0 aromatic carbocycles. The quantitative estimate of drug-likeness (QED) is 0.0243. The van der Waals surface area contributed by atoms with E-state index < -0.39 is 20.0 Å². The lowest BCUT2D eigenvalue weighted by Gasteiger charge is -2.25. The van der Waals surface area contributed by atoms with E-state index in [1.165, 1.54) is 212 Å². The number of nitrogens with zero attached hydrogens (tertiary/aromatic N) is 1. The highest BCUT2D eigenvalue weighted by Gasteiger charge is 2.27. The minimum atomic E-state index is -4.36. The Labute approximate surface area is 429 Å². The van der Waals surface area contributed by atoms with E-state index in [1.54, 1.807) is 6.08 Å². The lowest BCUT2D eigenvalue weighted by molar-refractivity contribution is -0.870. The molecular weight excluding hydrogens is 876 g/mol. The van der Waals surface area contributed by atoms with Crippen LogP contribution in [0, 0.1) is 0 Å². The third kappa shape index (κ3) is 54.1. The van der Waals surface area contributed by atoms with Crippen LogP contribution in [-0.2, 0) is 18.4 Å². The lowest BCUT2D eigenvalue weighted by Crippen LogP contribution is -2.45. The molecule has 9 heteroatoms. The summed E-state index contributed by atoms with van der Waals surface area (Å²) in [6.45, 7) is 4.82. The van der Waals surface area contributed by atoms with Gasteiger partial charge in [-0.05, 0) is 70.6 Å². The van der Waals surface area contributed by atoms with Crippen molar-refractivity contribution >= 4 is 13.7 Å². The first kappa shape index (κ1) is 67.5. The molecule has 0 aromatic heterocycles. The molecule has 69 heavy (non-hydrogen) atoms. The predicted octanol–water partition coefficient (Wildman–Crippen LogP) is 17.9. The van der Waals surface area contributed by atoms with E-state index >= 15 is 0 Å². The topological polar surface area (TPSA) is 105 Å². The third-order valence-corrected chi connectivity index (χ3v) is 14.2. The van der Waals surface area contributed by atoms with Crippen LogP contribution in [0.5, 0.6) is 0 Å². The predicted molar refractivity (Wildman–Crippen MR) is 300 cm³/mol. The summed E-state index contributed by atoms with van der Waals surface area (Å²) in [4.78, 5) is 23.3. The number of hydrogen-bond donors (Lipinski definition) is 3. The molecule has 0 aliphatic heterocycles. The van der Waals surface area contributed by atoms with Gasteiger partial charge in [-0.3, -0.25) is 13.8 Å². The Morgan fingerprint density at radius 3 is 1.16 bits per heavy atom. The second-order valence-electron chi connectivity index (χ2n) is 21.3. The molecule has 0 rings (SSSR count). The second kappa shape index (κ2) is 51.4. The summed E-state index contributed by atoms with van der Waals surface area (Å²) >= 11 is 0. The van der Waals surface area contributed by atoms with E-state index in [1.807, 2.05) is 27.2 Å². The number of phosphoric acid groups is 1. The minimum Gasteiger partial charge on any atom is -0.387 e. The maximum atomic E-state index is 13.0. The highest BCUT2D eigenvalue weighted by atomic mass is 31.2. The van der Waals surface area contributed by atoms with Gasteiger partial charge in [0.1, 0.15) is 13.2 Å². The standard InChI is InChI=1S/C60H115N2O6P/c1-6-8-10-12-14-16-18-20-22-24-26-28-30-31-32-34-36-38-40-42-44-46-48-50-52-54-60(64)61-58(57-68-69(65,66)67-56-55-62(3,4)5)59(63)53-51-49-47-45-43-41-39-37-35-33-29-27-25-23-21-19-17-15-13-11-9-7-2/h31-32,35,37,43,45,51,53,58-59,63H,6-30,33-34,36,38-42,44,46-50,52,54-57H2,1-5H3,(H-,61,64,65,66)/p+1/b32-31-,37-35+,45-43+,53-51+. The van der Waals surface area contributed by atoms with Gasteiger partial charge in [0.2, 0.25) is 5.91 Å². The number of likely N-dealkylation sites (N-methyl/N-ethyl adjacent to an activating group) is 1. The Morgan fingerprint density at radius 2 is 0.797 bits per heavy atom. The number of aliphatic hydroxyl groups is 1. The van der Waals surface area contributed by atoms with Crippen molar-refractivity contribution in [1.29, 1.82) is 0 Å². The summed E-state index contributed by atoms with van der Waals surface area (Å²) in [5, 5.41) is 13.9. The van der Waals surface area contributed by atoms with E-state index in [0.29, 0.717) is 17.4 Å². The summed E-state index contributed by atoms with van der Waals surface area (Å²) in [5.74, 6) is -0.191. The number of nitrogens with one attached hydrogen (secondary N) is 1. The molecule has 0 fully saturated rings. The Morgan fingerprint density at radius 1 is 0.478 bits per heavy atom. The van der Waals surface area contributed by atoms with E-state index in [2.05, 4.69) is 55.6 Å². The molecule has 0 heterocycles. The van der Waals surface area contributed by atoms with Gasteiger partial charge >= 0.3 is 7.82 Å². The SMILES string of the molecule is CCCCCCCCCCCCCC/C=C\CCCCCCCCCCCC(=O)NC(COP(=O)(O)OCC[N+](C)(C)C)C(O)/C=C/CC/C=C/CC/C=C/CCCCCCCCCCCCCC. The molecule has 0 aromatic rings. The van der Waals surface area contributed by atoms with Crippen LogP contribution in [0.1, 0.15) is 277 Å². The highest BCUT2D eigenvalue weighted by Crippen LogP contribution is 2.43. The molecule has 0 aliphatic carbocycles. The summed E-state index contributed by atoms with van der Waals surface area (Å²) in [6.07, 6.45) is 67.9. The van der Waals surface area contributed by atoms with E-state index in [9.17, 15) is 19.4 Å². The zero-order valence-corrected chi connectivity index (χ0v) is 47.2. The van der Waals surface area contributed by atoms with Gasteiger partial charge in [0.25, 0.3) is 0 Å². The molecule has 406 valence electrons. The molecule has 0 bridgehead atoms. The van der Waals surface area contributed by atoms with E-state index in [-0.39, 0.29) is 19.1 Å². The Balaban J connectivity index is 4.26. The van der Waals surface area contributed by atoms with Crippen molar-refractivity contribution < 1.29 is 32.9 Å². The van der Waals surface area contributed by atoms with Crippen LogP contribution in [0.3, 0.4) is 0 Å². The van der Waals surface area contributed by atoms with Crippen molar-refractivity contribution in [2.75, 3.05) is 40.9 Å². The summed E-state index contributed by atoms with van der Waals surface area (Å²) in [6, 6.07) is -0.872. The van der Waals surface area contributed by atoms with Gasteiger partial charge < -0.3 is 19.8 Å². The van der Waals surface area contributed by atoms with Crippen LogP contribution >= 0.6 is 7.82 Å². The van der Waals surface area contributed by atoms with Crippen molar-refractivity contribution in [3.63, 3.8) is 0 Å². The molecule has 8 nitrogen and oxygen atoms in total. The van der Waals surface area contributed by atoms with Crippen LogP contribution < -0.4 is 5.32 Å². The van der Waals surface area contributed by atoms with Crippen molar-refractivity contribution in [3.8, 4) is 0 Å². The molecule has 3 N–H and O–H groups in total. The van der Waals surface area contributed by atoms with Gasteiger partial charge in [0.05, 0.1) is 39.9 Å². The summed E-state index contributed by atoms with van der Waals surface area (Å²) < 4.78 is 23.7.